The standard InChI is InChI=1S/C19H28N4O3Si/c1-19(2,3)27(5,6)25-12-14-9-21-23(11-14)10-13-7-15(24-4)17-16(8-13)26-22-18(17)20/h7-9,11H,10,12H2,1-6H3,(H2,20,22). The van der Waals surface area contributed by atoms with Crippen LogP contribution in [0.15, 0.2) is 29.0 Å². The Kier molecular flexibility index (Phi) is 5.05. The van der Waals surface area contributed by atoms with Crippen LogP contribution in [0.4, 0.5) is 5.82 Å². The van der Waals surface area contributed by atoms with Crippen molar-refractivity contribution >= 4 is 25.1 Å². The molecule has 3 aromatic rings. The fourth-order valence-corrected chi connectivity index (χ4v) is 3.56. The van der Waals surface area contributed by atoms with Gasteiger partial charge in [-0.2, -0.15) is 5.10 Å². The minimum Gasteiger partial charge on any atom is -0.496 e. The highest BCUT2D eigenvalue weighted by Crippen LogP contribution is 2.37. The minimum atomic E-state index is -1.78. The highest BCUT2D eigenvalue weighted by atomic mass is 28.4. The lowest BCUT2D eigenvalue weighted by atomic mass is 10.1. The van der Waals surface area contributed by atoms with Crippen molar-refractivity contribution in [1.82, 2.24) is 14.9 Å². The average molecular weight is 389 g/mol. The van der Waals surface area contributed by atoms with Crippen LogP contribution in [0.1, 0.15) is 31.9 Å². The topological polar surface area (TPSA) is 88.3 Å². The van der Waals surface area contributed by atoms with Crippen LogP contribution in [0, 0.1) is 0 Å². The van der Waals surface area contributed by atoms with E-state index >= 15 is 0 Å². The molecule has 0 amide bonds. The van der Waals surface area contributed by atoms with Gasteiger partial charge in [-0.25, -0.2) is 0 Å². The molecular formula is C19H28N4O3Si. The van der Waals surface area contributed by atoms with E-state index in [0.29, 0.717) is 35.7 Å². The molecule has 0 fully saturated rings. The average Bonchev–Trinajstić information content (AvgIpc) is 3.18. The highest BCUT2D eigenvalue weighted by molar-refractivity contribution is 6.74. The van der Waals surface area contributed by atoms with E-state index in [1.54, 1.807) is 7.11 Å². The number of hydrogen-bond donors (Lipinski definition) is 1. The molecule has 0 aliphatic rings. The molecule has 3 rings (SSSR count). The van der Waals surface area contributed by atoms with Crippen molar-refractivity contribution in [3.05, 3.63) is 35.7 Å². The van der Waals surface area contributed by atoms with Crippen molar-refractivity contribution in [2.45, 2.75) is 52.1 Å². The number of fused-ring (bicyclic) bond motifs is 1. The van der Waals surface area contributed by atoms with Crippen LogP contribution in [-0.4, -0.2) is 30.4 Å². The second-order valence-electron chi connectivity index (χ2n) is 8.33. The van der Waals surface area contributed by atoms with Crippen LogP contribution in [0.3, 0.4) is 0 Å². The van der Waals surface area contributed by atoms with Crippen LogP contribution in [0.5, 0.6) is 5.75 Å². The van der Waals surface area contributed by atoms with E-state index in [1.807, 2.05) is 29.2 Å². The first-order chi connectivity index (χ1) is 12.6. The van der Waals surface area contributed by atoms with E-state index in [-0.39, 0.29) is 5.04 Å². The summed E-state index contributed by atoms with van der Waals surface area (Å²) in [4.78, 5) is 0. The smallest absolute Gasteiger partial charge is 0.192 e. The van der Waals surface area contributed by atoms with Gasteiger partial charge in [0.05, 0.1) is 26.5 Å². The molecule has 7 nitrogen and oxygen atoms in total. The number of methoxy groups -OCH3 is 1. The molecule has 146 valence electrons. The lowest BCUT2D eigenvalue weighted by molar-refractivity contribution is 0.276. The molecule has 0 atom stereocenters. The summed E-state index contributed by atoms with van der Waals surface area (Å²) < 4.78 is 18.9. The van der Waals surface area contributed by atoms with E-state index < -0.39 is 8.32 Å². The summed E-state index contributed by atoms with van der Waals surface area (Å²) in [6.45, 7) is 12.4. The minimum absolute atomic E-state index is 0.188. The Bertz CT molecular complexity index is 940. The summed E-state index contributed by atoms with van der Waals surface area (Å²) in [6, 6.07) is 3.85. The van der Waals surface area contributed by atoms with E-state index in [1.165, 1.54) is 0 Å². The molecule has 2 aromatic heterocycles. The van der Waals surface area contributed by atoms with Gasteiger partial charge >= 0.3 is 0 Å². The molecule has 0 saturated heterocycles. The Labute approximate surface area is 160 Å². The summed E-state index contributed by atoms with van der Waals surface area (Å²) >= 11 is 0. The zero-order valence-corrected chi connectivity index (χ0v) is 17.9. The van der Waals surface area contributed by atoms with Gasteiger partial charge in [0.2, 0.25) is 0 Å². The fraction of sp³-hybridized carbons (Fsp3) is 0.474. The van der Waals surface area contributed by atoms with Gasteiger partial charge in [0, 0.05) is 11.8 Å². The van der Waals surface area contributed by atoms with Gasteiger partial charge in [0.15, 0.2) is 19.7 Å². The lowest BCUT2D eigenvalue weighted by Crippen LogP contribution is -2.40. The number of benzene rings is 1. The van der Waals surface area contributed by atoms with Crippen LogP contribution in [0.25, 0.3) is 11.0 Å². The number of nitrogens with zero attached hydrogens (tertiary/aromatic N) is 3. The van der Waals surface area contributed by atoms with E-state index in [2.05, 4.69) is 44.1 Å². The van der Waals surface area contributed by atoms with Crippen LogP contribution < -0.4 is 10.5 Å². The zero-order valence-electron chi connectivity index (χ0n) is 16.9. The third-order valence-electron chi connectivity index (χ3n) is 5.28. The second kappa shape index (κ2) is 7.01. The fourth-order valence-electron chi connectivity index (χ4n) is 2.60. The zero-order chi connectivity index (χ0) is 19.8. The number of ether oxygens (including phenoxy) is 1. The van der Waals surface area contributed by atoms with Gasteiger partial charge in [-0.1, -0.05) is 25.9 Å². The maximum absolute atomic E-state index is 6.27. The number of anilines is 1. The quantitative estimate of drug-likeness (QED) is 0.637. The van der Waals surface area contributed by atoms with Crippen molar-refractivity contribution in [3.8, 4) is 5.75 Å². The first-order valence-electron chi connectivity index (χ1n) is 8.98. The molecule has 0 aliphatic heterocycles. The SMILES string of the molecule is COc1cc(Cn2cc(CO[Si](C)(C)C(C)(C)C)cn2)cc2onc(N)c12. The summed E-state index contributed by atoms with van der Waals surface area (Å²) in [5, 5.41) is 9.15. The van der Waals surface area contributed by atoms with Crippen molar-refractivity contribution in [2.75, 3.05) is 12.8 Å². The Morgan fingerprint density at radius 1 is 1.22 bits per heavy atom. The van der Waals surface area contributed by atoms with Gasteiger partial charge in [-0.05, 0) is 35.8 Å². The molecule has 1 aromatic carbocycles. The predicted octanol–water partition coefficient (Wildman–Crippen LogP) is 4.19. The number of nitrogens with two attached hydrogens (primary N) is 1. The van der Waals surface area contributed by atoms with Crippen molar-refractivity contribution in [3.63, 3.8) is 0 Å². The second-order valence-corrected chi connectivity index (χ2v) is 13.1. The molecule has 0 unspecified atom stereocenters. The Hall–Kier alpha value is -2.32. The molecular weight excluding hydrogens is 360 g/mol. The molecule has 8 heteroatoms. The third-order valence-corrected chi connectivity index (χ3v) is 9.76. The van der Waals surface area contributed by atoms with Gasteiger partial charge in [-0.15, -0.1) is 0 Å². The highest BCUT2D eigenvalue weighted by Gasteiger charge is 2.37. The van der Waals surface area contributed by atoms with E-state index in [9.17, 15) is 0 Å². The van der Waals surface area contributed by atoms with Crippen LogP contribution in [0.2, 0.25) is 18.1 Å². The molecule has 0 spiro atoms. The summed E-state index contributed by atoms with van der Waals surface area (Å²) in [6.07, 6.45) is 3.87. The lowest BCUT2D eigenvalue weighted by Gasteiger charge is -2.36. The Balaban J connectivity index is 1.74. The molecule has 2 heterocycles. The van der Waals surface area contributed by atoms with Gasteiger partial charge in [-0.3, -0.25) is 4.68 Å². The third kappa shape index (κ3) is 4.01. The van der Waals surface area contributed by atoms with Gasteiger partial charge in [0.25, 0.3) is 0 Å². The number of hydrogen-bond acceptors (Lipinski definition) is 6. The monoisotopic (exact) mass is 388 g/mol. The summed E-state index contributed by atoms with van der Waals surface area (Å²) in [7, 11) is -0.172. The Morgan fingerprint density at radius 3 is 2.63 bits per heavy atom. The van der Waals surface area contributed by atoms with Crippen molar-refractivity contribution in [2.24, 2.45) is 0 Å². The molecule has 0 saturated carbocycles. The first kappa shape index (κ1) is 19.4. The largest absolute Gasteiger partial charge is 0.496 e. The summed E-state index contributed by atoms with van der Waals surface area (Å²) in [5.74, 6) is 0.979. The maximum Gasteiger partial charge on any atom is 0.192 e. The van der Waals surface area contributed by atoms with Crippen molar-refractivity contribution < 1.29 is 13.7 Å². The predicted molar refractivity (Wildman–Crippen MR) is 108 cm³/mol. The Morgan fingerprint density at radius 2 is 1.96 bits per heavy atom. The van der Waals surface area contributed by atoms with E-state index in [0.717, 1.165) is 11.1 Å². The molecule has 2 N–H and O–H groups in total. The summed E-state index contributed by atoms with van der Waals surface area (Å²) in [5.41, 5.74) is 8.51. The molecule has 0 radical (unpaired) electrons. The number of rotatable bonds is 6. The maximum atomic E-state index is 6.27. The van der Waals surface area contributed by atoms with Crippen LogP contribution >= 0.6 is 0 Å². The van der Waals surface area contributed by atoms with Crippen LogP contribution in [-0.2, 0) is 17.6 Å². The number of aromatic nitrogens is 3. The molecule has 0 bridgehead atoms. The molecule has 0 aliphatic carbocycles. The van der Waals surface area contributed by atoms with Gasteiger partial charge < -0.3 is 19.4 Å². The molecule has 27 heavy (non-hydrogen) atoms. The number of nitrogen functional groups attached to an aromatic ring is 1. The van der Waals surface area contributed by atoms with Gasteiger partial charge in [0.1, 0.15) is 11.1 Å². The van der Waals surface area contributed by atoms with Crippen molar-refractivity contribution in [1.29, 1.82) is 0 Å². The first-order valence-corrected chi connectivity index (χ1v) is 11.9. The normalized spacial score (nSPS) is 12.7. The van der Waals surface area contributed by atoms with E-state index in [4.69, 9.17) is 19.4 Å².